The van der Waals surface area contributed by atoms with Crippen molar-refractivity contribution in [3.05, 3.63) is 30.1 Å². The zero-order valence-electron chi connectivity index (χ0n) is 8.89. The Balaban J connectivity index is 2.22. The Morgan fingerprint density at radius 1 is 1.47 bits per heavy atom. The summed E-state index contributed by atoms with van der Waals surface area (Å²) in [6.07, 6.45) is 7.40. The molecule has 1 heterocycles. The van der Waals surface area contributed by atoms with Gasteiger partial charge in [-0.2, -0.15) is 0 Å². The van der Waals surface area contributed by atoms with Crippen LogP contribution in [0.4, 0.5) is 0 Å². The zero-order chi connectivity index (χ0) is 10.7. The van der Waals surface area contributed by atoms with Crippen molar-refractivity contribution in [3.63, 3.8) is 0 Å². The van der Waals surface area contributed by atoms with Gasteiger partial charge in [0, 0.05) is 24.4 Å². The molecular weight excluding hydrogens is 188 g/mol. The first-order valence-electron chi connectivity index (χ1n) is 5.56. The molecule has 3 N–H and O–H groups in total. The Morgan fingerprint density at radius 2 is 2.20 bits per heavy atom. The number of pyridine rings is 1. The second-order valence-electron chi connectivity index (χ2n) is 4.46. The second kappa shape index (κ2) is 4.29. The molecule has 1 aromatic rings. The summed E-state index contributed by atoms with van der Waals surface area (Å²) in [4.78, 5) is 4.04. The maximum Gasteiger partial charge on any atom is 0.0873 e. The van der Waals surface area contributed by atoms with Gasteiger partial charge in [0.05, 0.1) is 6.10 Å². The van der Waals surface area contributed by atoms with Gasteiger partial charge in [0.25, 0.3) is 0 Å². The lowest BCUT2D eigenvalue weighted by atomic mass is 9.78. The third-order valence-electron chi connectivity index (χ3n) is 3.59. The van der Waals surface area contributed by atoms with Crippen molar-refractivity contribution in [2.45, 2.75) is 31.8 Å². The molecule has 0 radical (unpaired) electrons. The summed E-state index contributed by atoms with van der Waals surface area (Å²) in [5.74, 6) is 0. The molecule has 0 aliphatic heterocycles. The summed E-state index contributed by atoms with van der Waals surface area (Å²) in [5.41, 5.74) is 6.61. The van der Waals surface area contributed by atoms with Crippen LogP contribution >= 0.6 is 0 Å². The molecule has 1 unspecified atom stereocenters. The van der Waals surface area contributed by atoms with Crippen LogP contribution in [0.25, 0.3) is 0 Å². The summed E-state index contributed by atoms with van der Waals surface area (Å²) in [5, 5.41) is 10.4. The van der Waals surface area contributed by atoms with Crippen molar-refractivity contribution in [1.82, 2.24) is 4.98 Å². The maximum absolute atomic E-state index is 10.4. The average Bonchev–Trinajstić information content (AvgIpc) is 2.79. The third kappa shape index (κ3) is 1.90. The lowest BCUT2D eigenvalue weighted by molar-refractivity contribution is 0.0331. The van der Waals surface area contributed by atoms with E-state index in [1.54, 1.807) is 12.4 Å². The predicted molar refractivity (Wildman–Crippen MR) is 59.2 cm³/mol. The number of nitrogens with two attached hydrogens (primary N) is 1. The highest BCUT2D eigenvalue weighted by molar-refractivity contribution is 5.16. The van der Waals surface area contributed by atoms with E-state index >= 15 is 0 Å². The minimum Gasteiger partial charge on any atom is -0.388 e. The normalized spacial score (nSPS) is 21.5. The fourth-order valence-corrected chi connectivity index (χ4v) is 2.56. The molecule has 2 rings (SSSR count). The van der Waals surface area contributed by atoms with E-state index < -0.39 is 6.10 Å². The van der Waals surface area contributed by atoms with E-state index in [-0.39, 0.29) is 5.41 Å². The number of nitrogens with zero attached hydrogens (tertiary/aromatic N) is 1. The lowest BCUT2D eigenvalue weighted by Crippen LogP contribution is -2.34. The number of aromatic nitrogens is 1. The molecule has 0 aromatic carbocycles. The molecule has 3 nitrogen and oxygen atoms in total. The van der Waals surface area contributed by atoms with Crippen LogP contribution < -0.4 is 5.73 Å². The van der Waals surface area contributed by atoms with Crippen LogP contribution in [0.3, 0.4) is 0 Å². The number of hydrogen-bond donors (Lipinski definition) is 2. The number of rotatable bonds is 3. The topological polar surface area (TPSA) is 59.1 Å². The van der Waals surface area contributed by atoms with E-state index in [2.05, 4.69) is 4.98 Å². The quantitative estimate of drug-likeness (QED) is 0.790. The van der Waals surface area contributed by atoms with Crippen LogP contribution in [-0.2, 0) is 0 Å². The van der Waals surface area contributed by atoms with Crippen molar-refractivity contribution >= 4 is 0 Å². The highest BCUT2D eigenvalue weighted by atomic mass is 16.3. The van der Waals surface area contributed by atoms with E-state index in [0.717, 1.165) is 18.4 Å². The Hall–Kier alpha value is -0.930. The molecule has 0 saturated heterocycles. The Labute approximate surface area is 90.3 Å². The van der Waals surface area contributed by atoms with Crippen molar-refractivity contribution in [2.24, 2.45) is 11.1 Å². The fraction of sp³-hybridized carbons (Fsp3) is 0.583. The van der Waals surface area contributed by atoms with Gasteiger partial charge in [0.2, 0.25) is 0 Å². The summed E-state index contributed by atoms with van der Waals surface area (Å²) < 4.78 is 0. The summed E-state index contributed by atoms with van der Waals surface area (Å²) >= 11 is 0. The molecule has 1 saturated carbocycles. The van der Waals surface area contributed by atoms with Gasteiger partial charge in [-0.05, 0) is 24.5 Å². The summed E-state index contributed by atoms with van der Waals surface area (Å²) in [6.45, 7) is 0.559. The molecule has 15 heavy (non-hydrogen) atoms. The standard InChI is InChI=1S/C12H18N2O/c13-9-12(5-1-2-6-12)11(15)10-4-3-7-14-8-10/h3-4,7-8,11,15H,1-2,5-6,9,13H2. The van der Waals surface area contributed by atoms with Crippen molar-refractivity contribution < 1.29 is 5.11 Å². The van der Waals surface area contributed by atoms with Gasteiger partial charge >= 0.3 is 0 Å². The van der Waals surface area contributed by atoms with Crippen molar-refractivity contribution in [2.75, 3.05) is 6.54 Å². The lowest BCUT2D eigenvalue weighted by Gasteiger charge is -2.32. The molecule has 0 bridgehead atoms. The van der Waals surface area contributed by atoms with Crippen LogP contribution in [-0.4, -0.2) is 16.6 Å². The first kappa shape index (κ1) is 10.6. The van der Waals surface area contributed by atoms with Gasteiger partial charge in [0.1, 0.15) is 0 Å². The van der Waals surface area contributed by atoms with Crippen LogP contribution in [0.2, 0.25) is 0 Å². The predicted octanol–water partition coefficient (Wildman–Crippen LogP) is 1.63. The SMILES string of the molecule is NCC1(C(O)c2cccnc2)CCCC1. The monoisotopic (exact) mass is 206 g/mol. The van der Waals surface area contributed by atoms with E-state index in [9.17, 15) is 5.11 Å². The molecule has 1 aliphatic rings. The van der Waals surface area contributed by atoms with E-state index in [1.165, 1.54) is 12.8 Å². The number of aliphatic hydroxyl groups is 1. The highest BCUT2D eigenvalue weighted by Crippen LogP contribution is 2.46. The summed E-state index contributed by atoms with van der Waals surface area (Å²) in [7, 11) is 0. The number of aliphatic hydroxyl groups excluding tert-OH is 1. The number of hydrogen-bond acceptors (Lipinski definition) is 3. The largest absolute Gasteiger partial charge is 0.388 e. The van der Waals surface area contributed by atoms with Gasteiger partial charge < -0.3 is 10.8 Å². The molecule has 1 aliphatic carbocycles. The van der Waals surface area contributed by atoms with Crippen LogP contribution in [0.15, 0.2) is 24.5 Å². The Morgan fingerprint density at radius 3 is 2.73 bits per heavy atom. The van der Waals surface area contributed by atoms with Gasteiger partial charge in [0.15, 0.2) is 0 Å². The average molecular weight is 206 g/mol. The molecule has 1 aromatic heterocycles. The molecule has 0 spiro atoms. The molecule has 0 amide bonds. The molecule has 1 fully saturated rings. The van der Waals surface area contributed by atoms with Crippen molar-refractivity contribution in [1.29, 1.82) is 0 Å². The Kier molecular flexibility index (Phi) is 3.03. The Bertz CT molecular complexity index is 307. The van der Waals surface area contributed by atoms with Gasteiger partial charge in [-0.15, -0.1) is 0 Å². The molecule has 82 valence electrons. The van der Waals surface area contributed by atoms with Crippen LogP contribution in [0, 0.1) is 5.41 Å². The first-order valence-corrected chi connectivity index (χ1v) is 5.56. The minimum absolute atomic E-state index is 0.108. The smallest absolute Gasteiger partial charge is 0.0873 e. The maximum atomic E-state index is 10.4. The van der Waals surface area contributed by atoms with Gasteiger partial charge in [-0.3, -0.25) is 4.98 Å². The zero-order valence-corrected chi connectivity index (χ0v) is 8.89. The van der Waals surface area contributed by atoms with Crippen LogP contribution in [0.5, 0.6) is 0 Å². The highest BCUT2D eigenvalue weighted by Gasteiger charge is 2.40. The molecule has 1 atom stereocenters. The van der Waals surface area contributed by atoms with Gasteiger partial charge in [-0.25, -0.2) is 0 Å². The fourth-order valence-electron chi connectivity index (χ4n) is 2.56. The van der Waals surface area contributed by atoms with E-state index in [1.807, 2.05) is 12.1 Å². The molecular formula is C12H18N2O. The first-order chi connectivity index (χ1) is 7.28. The van der Waals surface area contributed by atoms with E-state index in [4.69, 9.17) is 5.73 Å². The van der Waals surface area contributed by atoms with E-state index in [0.29, 0.717) is 6.54 Å². The molecule has 3 heteroatoms. The van der Waals surface area contributed by atoms with Crippen molar-refractivity contribution in [3.8, 4) is 0 Å². The third-order valence-corrected chi connectivity index (χ3v) is 3.59. The minimum atomic E-state index is -0.460. The van der Waals surface area contributed by atoms with Crippen LogP contribution in [0.1, 0.15) is 37.4 Å². The van der Waals surface area contributed by atoms with Gasteiger partial charge in [-0.1, -0.05) is 18.9 Å². The summed E-state index contributed by atoms with van der Waals surface area (Å²) in [6, 6.07) is 3.78. The second-order valence-corrected chi connectivity index (χ2v) is 4.46.